The number of likely N-dealkylation sites (tertiary alicyclic amines) is 1. The van der Waals surface area contributed by atoms with Crippen molar-refractivity contribution in [2.45, 2.75) is 38.2 Å². The van der Waals surface area contributed by atoms with Gasteiger partial charge in [-0.05, 0) is 6.42 Å². The van der Waals surface area contributed by atoms with E-state index in [9.17, 15) is 23.1 Å². The lowest BCUT2D eigenvalue weighted by molar-refractivity contribution is -0.148. The Bertz CT molecular complexity index is 589. The van der Waals surface area contributed by atoms with Crippen LogP contribution in [0.5, 0.6) is 0 Å². The predicted octanol–water partition coefficient (Wildman–Crippen LogP) is 0.0958. The van der Waals surface area contributed by atoms with Crippen molar-refractivity contribution in [2.24, 2.45) is 0 Å². The van der Waals surface area contributed by atoms with Crippen LogP contribution in [0.1, 0.15) is 24.5 Å². The maximum atomic E-state index is 12.8. The van der Waals surface area contributed by atoms with Gasteiger partial charge in [-0.1, -0.05) is 0 Å². The molecule has 3 rings (SSSR count). The summed E-state index contributed by atoms with van der Waals surface area (Å²) in [5.74, 6) is -0.694. The van der Waals surface area contributed by atoms with Crippen molar-refractivity contribution in [3.8, 4) is 0 Å². The first-order valence-electron chi connectivity index (χ1n) is 7.52. The Morgan fingerprint density at radius 2 is 1.96 bits per heavy atom. The molecule has 1 fully saturated rings. The molecule has 1 aromatic heterocycles. The Morgan fingerprint density at radius 1 is 1.17 bits per heavy atom. The summed E-state index contributed by atoms with van der Waals surface area (Å²) >= 11 is 0. The minimum Gasteiger partial charge on any atom is -0.390 e. The summed E-state index contributed by atoms with van der Waals surface area (Å²) in [4.78, 5) is 15.0. The molecule has 1 N–H and O–H groups in total. The number of hydrogen-bond donors (Lipinski definition) is 1. The summed E-state index contributed by atoms with van der Waals surface area (Å²) in [5, 5.41) is 16.9. The second kappa shape index (κ2) is 6.08. The third-order valence-electron chi connectivity index (χ3n) is 4.16. The Kier molecular flexibility index (Phi) is 4.28. The molecule has 0 aromatic carbocycles. The first kappa shape index (κ1) is 16.2. The molecule has 1 atom stereocenters. The molecule has 1 aromatic rings. The molecule has 1 unspecified atom stereocenters. The minimum absolute atomic E-state index is 0.0391. The van der Waals surface area contributed by atoms with E-state index in [0.717, 1.165) is 11.0 Å². The van der Waals surface area contributed by atoms with Crippen LogP contribution in [-0.4, -0.2) is 67.9 Å². The van der Waals surface area contributed by atoms with Crippen molar-refractivity contribution in [3.63, 3.8) is 0 Å². The van der Waals surface area contributed by atoms with E-state index >= 15 is 0 Å². The summed E-state index contributed by atoms with van der Waals surface area (Å²) in [6, 6.07) is 0. The number of carbonyl (C=O) groups is 1. The Balaban J connectivity index is 1.57. The Hall–Kier alpha value is -1.68. The number of β-amino-alcohol motifs (C(OH)–C–C–N with tert-alkyl or cyclic N) is 1. The highest BCUT2D eigenvalue weighted by Crippen LogP contribution is 2.29. The predicted molar refractivity (Wildman–Crippen MR) is 72.1 cm³/mol. The van der Waals surface area contributed by atoms with Gasteiger partial charge in [-0.25, -0.2) is 0 Å². The van der Waals surface area contributed by atoms with Crippen LogP contribution >= 0.6 is 0 Å². The zero-order chi connectivity index (χ0) is 16.6. The van der Waals surface area contributed by atoms with Gasteiger partial charge in [-0.15, -0.1) is 10.2 Å². The van der Waals surface area contributed by atoms with Crippen LogP contribution in [0.15, 0.2) is 0 Å². The molecular formula is C13H18F3N5O2. The number of aliphatic hydroxyl groups excluding tert-OH is 1. The lowest BCUT2D eigenvalue weighted by Gasteiger charge is -2.30. The molecule has 128 valence electrons. The normalized spacial score (nSPS) is 20.9. The van der Waals surface area contributed by atoms with Gasteiger partial charge in [-0.2, -0.15) is 13.2 Å². The van der Waals surface area contributed by atoms with Gasteiger partial charge in [0, 0.05) is 39.1 Å². The second-order valence-electron chi connectivity index (χ2n) is 5.92. The van der Waals surface area contributed by atoms with Crippen LogP contribution in [0.2, 0.25) is 0 Å². The monoisotopic (exact) mass is 333 g/mol. The Morgan fingerprint density at radius 3 is 2.61 bits per heavy atom. The smallest absolute Gasteiger partial charge is 0.390 e. The number of amides is 1. The van der Waals surface area contributed by atoms with E-state index in [2.05, 4.69) is 10.2 Å². The average molecular weight is 333 g/mol. The van der Waals surface area contributed by atoms with E-state index in [4.69, 9.17) is 0 Å². The highest BCUT2D eigenvalue weighted by Gasteiger charge is 2.39. The van der Waals surface area contributed by atoms with Gasteiger partial charge in [0.15, 0.2) is 0 Å². The fourth-order valence-corrected chi connectivity index (χ4v) is 3.08. The summed E-state index contributed by atoms with van der Waals surface area (Å²) < 4.78 is 39.4. The first-order chi connectivity index (χ1) is 10.8. The minimum atomic E-state index is -4.51. The third kappa shape index (κ3) is 3.47. The van der Waals surface area contributed by atoms with Crippen LogP contribution in [0.3, 0.4) is 0 Å². The van der Waals surface area contributed by atoms with E-state index in [1.165, 1.54) is 0 Å². The molecule has 1 saturated heterocycles. The molecule has 1 amide bonds. The van der Waals surface area contributed by atoms with Crippen molar-refractivity contribution in [3.05, 3.63) is 11.6 Å². The number of hydrogen-bond acceptors (Lipinski definition) is 5. The lowest BCUT2D eigenvalue weighted by atomic mass is 10.2. The van der Waals surface area contributed by atoms with E-state index in [0.29, 0.717) is 19.5 Å². The molecule has 3 heterocycles. The van der Waals surface area contributed by atoms with Crippen molar-refractivity contribution in [2.75, 3.05) is 26.2 Å². The number of aromatic nitrogens is 3. The third-order valence-corrected chi connectivity index (χ3v) is 4.16. The summed E-state index contributed by atoms with van der Waals surface area (Å²) in [7, 11) is 0. The number of aliphatic hydroxyl groups is 1. The highest BCUT2D eigenvalue weighted by molar-refractivity contribution is 5.78. The number of alkyl halides is 3. The van der Waals surface area contributed by atoms with Gasteiger partial charge in [0.25, 0.3) is 0 Å². The lowest BCUT2D eigenvalue weighted by Crippen LogP contribution is -2.43. The number of nitrogens with zero attached hydrogens (tertiary/aromatic N) is 5. The van der Waals surface area contributed by atoms with Gasteiger partial charge in [0.1, 0.15) is 5.82 Å². The largest absolute Gasteiger partial charge is 0.451 e. The quantitative estimate of drug-likeness (QED) is 0.846. The maximum absolute atomic E-state index is 12.8. The Labute approximate surface area is 130 Å². The summed E-state index contributed by atoms with van der Waals surface area (Å²) in [6.07, 6.45) is -3.92. The van der Waals surface area contributed by atoms with Crippen molar-refractivity contribution in [1.82, 2.24) is 24.6 Å². The molecule has 0 bridgehead atoms. The number of halogens is 3. The van der Waals surface area contributed by atoms with Gasteiger partial charge in [0.2, 0.25) is 11.7 Å². The fourth-order valence-electron chi connectivity index (χ4n) is 3.08. The van der Waals surface area contributed by atoms with Crippen LogP contribution < -0.4 is 0 Å². The molecular weight excluding hydrogens is 315 g/mol. The topological polar surface area (TPSA) is 74.5 Å². The first-order valence-corrected chi connectivity index (χ1v) is 7.52. The van der Waals surface area contributed by atoms with Crippen LogP contribution in [-0.2, 0) is 24.1 Å². The second-order valence-corrected chi connectivity index (χ2v) is 5.92. The average Bonchev–Trinajstić information content (AvgIpc) is 3.04. The molecule has 2 aliphatic rings. The van der Waals surface area contributed by atoms with Gasteiger partial charge >= 0.3 is 6.18 Å². The van der Waals surface area contributed by atoms with Gasteiger partial charge in [-0.3, -0.25) is 9.69 Å². The van der Waals surface area contributed by atoms with Crippen LogP contribution in [0.4, 0.5) is 13.2 Å². The molecule has 2 aliphatic heterocycles. The summed E-state index contributed by atoms with van der Waals surface area (Å²) in [6.45, 7) is 1.91. The van der Waals surface area contributed by atoms with Crippen LogP contribution in [0, 0.1) is 0 Å². The number of fused-ring (bicyclic) bond motifs is 1. The molecule has 0 saturated carbocycles. The van der Waals surface area contributed by atoms with Gasteiger partial charge < -0.3 is 14.6 Å². The molecule has 7 nitrogen and oxygen atoms in total. The standard InChI is InChI=1S/C13H18F3N5O2/c14-13(15,16)12-18-17-10-8-19(4-5-21(10)12)6-9(22)7-20-3-1-2-11(20)23/h9,22H,1-8H2. The number of carbonyl (C=O) groups excluding carboxylic acids is 1. The van der Waals surface area contributed by atoms with Crippen LogP contribution in [0.25, 0.3) is 0 Å². The molecule has 23 heavy (non-hydrogen) atoms. The zero-order valence-corrected chi connectivity index (χ0v) is 12.5. The van der Waals surface area contributed by atoms with E-state index in [1.54, 1.807) is 4.90 Å². The molecule has 0 radical (unpaired) electrons. The van der Waals surface area contributed by atoms with Crippen molar-refractivity contribution >= 4 is 5.91 Å². The van der Waals surface area contributed by atoms with E-state index in [1.807, 2.05) is 4.90 Å². The maximum Gasteiger partial charge on any atom is 0.451 e. The highest BCUT2D eigenvalue weighted by atomic mass is 19.4. The number of rotatable bonds is 4. The molecule has 0 aliphatic carbocycles. The van der Waals surface area contributed by atoms with Gasteiger partial charge in [0.05, 0.1) is 12.6 Å². The summed E-state index contributed by atoms with van der Waals surface area (Å²) in [5.41, 5.74) is 0. The zero-order valence-electron chi connectivity index (χ0n) is 12.5. The SMILES string of the molecule is O=C1CCCN1CC(O)CN1CCn2c(nnc2C(F)(F)F)C1. The van der Waals surface area contributed by atoms with E-state index in [-0.39, 0.29) is 37.9 Å². The van der Waals surface area contributed by atoms with Crippen molar-refractivity contribution in [1.29, 1.82) is 0 Å². The molecule has 10 heteroatoms. The van der Waals surface area contributed by atoms with E-state index < -0.39 is 18.1 Å². The molecule has 0 spiro atoms. The fraction of sp³-hybridized carbons (Fsp3) is 0.769. The van der Waals surface area contributed by atoms with Crippen molar-refractivity contribution < 1.29 is 23.1 Å².